The van der Waals surface area contributed by atoms with Crippen molar-refractivity contribution in [1.29, 1.82) is 0 Å². The van der Waals surface area contributed by atoms with Crippen molar-refractivity contribution in [2.75, 3.05) is 55.8 Å². The van der Waals surface area contributed by atoms with E-state index in [9.17, 15) is 0 Å². The van der Waals surface area contributed by atoms with Gasteiger partial charge in [-0.1, -0.05) is 0 Å². The summed E-state index contributed by atoms with van der Waals surface area (Å²) in [6, 6.07) is 15.8. The summed E-state index contributed by atoms with van der Waals surface area (Å²) >= 11 is 0. The molecule has 0 unspecified atom stereocenters. The summed E-state index contributed by atoms with van der Waals surface area (Å²) in [7, 11) is 1.68. The molecule has 1 aliphatic heterocycles. The molecule has 0 amide bonds. The van der Waals surface area contributed by atoms with Gasteiger partial charge in [-0.25, -0.2) is 0 Å². The van der Waals surface area contributed by atoms with Gasteiger partial charge in [0.1, 0.15) is 17.3 Å². The number of nitrogen functional groups attached to an aromatic ring is 1. The minimum Gasteiger partial charge on any atom is -0.497 e. The van der Waals surface area contributed by atoms with Gasteiger partial charge < -0.3 is 25.4 Å². The van der Waals surface area contributed by atoms with Crippen LogP contribution in [0.5, 0.6) is 11.5 Å². The molecule has 0 radical (unpaired) electrons. The smallest absolute Gasteiger partial charge is 0.232 e. The van der Waals surface area contributed by atoms with E-state index in [1.807, 2.05) is 43.3 Å². The molecule has 1 aromatic heterocycles. The number of aromatic nitrogens is 3. The number of methoxy groups -OCH3 is 1. The highest BCUT2D eigenvalue weighted by Gasteiger charge is 2.19. The molecule has 2 aromatic carbocycles. The first-order valence-electron chi connectivity index (χ1n) is 10.7. The molecular weight excluding hydrogens is 406 g/mol. The third-order valence-corrected chi connectivity index (χ3v) is 5.30. The van der Waals surface area contributed by atoms with E-state index in [2.05, 4.69) is 42.2 Å². The first-order chi connectivity index (χ1) is 15.6. The Labute approximate surface area is 188 Å². The van der Waals surface area contributed by atoms with E-state index in [4.69, 9.17) is 15.2 Å². The number of nitrogens with two attached hydrogens (primary N) is 1. The molecule has 4 rings (SSSR count). The SMILES string of the molecule is CCOc1ccc(Nc2nc(N)nc(CN3CCN(c4ccc(OC)cc4)CC3)n2)cc1. The zero-order valence-corrected chi connectivity index (χ0v) is 18.5. The van der Waals surface area contributed by atoms with Gasteiger partial charge in [-0.2, -0.15) is 15.0 Å². The number of nitrogens with zero attached hydrogens (tertiary/aromatic N) is 5. The number of hydrogen-bond acceptors (Lipinski definition) is 9. The normalized spacial score (nSPS) is 14.2. The van der Waals surface area contributed by atoms with Gasteiger partial charge in [0.05, 0.1) is 20.3 Å². The Morgan fingerprint density at radius 3 is 2.25 bits per heavy atom. The molecule has 0 bridgehead atoms. The van der Waals surface area contributed by atoms with Crippen LogP contribution in [-0.4, -0.2) is 59.7 Å². The standard InChI is InChI=1S/C23H29N7O2/c1-3-32-20-8-4-17(5-9-20)25-23-27-21(26-22(24)28-23)16-29-12-14-30(15-13-29)18-6-10-19(31-2)11-7-18/h4-11H,3,12-16H2,1-2H3,(H3,24,25,26,27,28). The van der Waals surface area contributed by atoms with Crippen LogP contribution in [0.4, 0.5) is 23.3 Å². The predicted molar refractivity (Wildman–Crippen MR) is 126 cm³/mol. The predicted octanol–water partition coefficient (Wildman–Crippen LogP) is 2.93. The van der Waals surface area contributed by atoms with Gasteiger partial charge in [0.15, 0.2) is 0 Å². The van der Waals surface area contributed by atoms with Crippen LogP contribution < -0.4 is 25.4 Å². The Hall–Kier alpha value is -3.59. The second kappa shape index (κ2) is 10.1. The zero-order chi connectivity index (χ0) is 22.3. The summed E-state index contributed by atoms with van der Waals surface area (Å²) in [6.45, 7) is 6.92. The average molecular weight is 436 g/mol. The lowest BCUT2D eigenvalue weighted by Crippen LogP contribution is -2.46. The quantitative estimate of drug-likeness (QED) is 0.553. The van der Waals surface area contributed by atoms with Gasteiger partial charge in [0, 0.05) is 37.6 Å². The van der Waals surface area contributed by atoms with E-state index in [1.54, 1.807) is 7.11 Å². The number of anilines is 4. The minimum atomic E-state index is 0.209. The molecule has 3 N–H and O–H groups in total. The molecule has 0 spiro atoms. The molecule has 1 saturated heterocycles. The van der Waals surface area contributed by atoms with Crippen LogP contribution in [0, 0.1) is 0 Å². The maximum Gasteiger partial charge on any atom is 0.232 e. The fraction of sp³-hybridized carbons (Fsp3) is 0.348. The molecule has 0 aliphatic carbocycles. The summed E-state index contributed by atoms with van der Waals surface area (Å²) in [5.41, 5.74) is 8.01. The molecule has 3 aromatic rings. The van der Waals surface area contributed by atoms with E-state index in [0.717, 1.165) is 43.4 Å². The molecule has 1 fully saturated rings. The summed E-state index contributed by atoms with van der Waals surface area (Å²) < 4.78 is 10.7. The largest absolute Gasteiger partial charge is 0.497 e. The maximum atomic E-state index is 5.94. The lowest BCUT2D eigenvalue weighted by atomic mass is 10.2. The number of hydrogen-bond donors (Lipinski definition) is 2. The van der Waals surface area contributed by atoms with Crippen LogP contribution in [-0.2, 0) is 6.54 Å². The summed E-state index contributed by atoms with van der Waals surface area (Å²) in [6.07, 6.45) is 0. The number of benzene rings is 2. The van der Waals surface area contributed by atoms with Crippen LogP contribution in [0.3, 0.4) is 0 Å². The van der Waals surface area contributed by atoms with Crippen LogP contribution in [0.2, 0.25) is 0 Å². The highest BCUT2D eigenvalue weighted by molar-refractivity contribution is 5.55. The van der Waals surface area contributed by atoms with Crippen molar-refractivity contribution >= 4 is 23.3 Å². The van der Waals surface area contributed by atoms with Crippen molar-refractivity contribution in [2.45, 2.75) is 13.5 Å². The molecule has 1 aliphatic rings. The Bertz CT molecular complexity index is 1000. The van der Waals surface area contributed by atoms with Crippen molar-refractivity contribution in [3.8, 4) is 11.5 Å². The highest BCUT2D eigenvalue weighted by atomic mass is 16.5. The van der Waals surface area contributed by atoms with E-state index < -0.39 is 0 Å². The minimum absolute atomic E-state index is 0.209. The summed E-state index contributed by atoms with van der Waals surface area (Å²) in [4.78, 5) is 17.8. The summed E-state index contributed by atoms with van der Waals surface area (Å²) in [5, 5.41) is 3.19. The van der Waals surface area contributed by atoms with Crippen LogP contribution in [0.15, 0.2) is 48.5 Å². The topological polar surface area (TPSA) is 102 Å². The van der Waals surface area contributed by atoms with Crippen molar-refractivity contribution in [3.63, 3.8) is 0 Å². The number of ether oxygens (including phenoxy) is 2. The van der Waals surface area contributed by atoms with Gasteiger partial charge in [-0.3, -0.25) is 4.90 Å². The Balaban J connectivity index is 1.34. The number of piperazine rings is 1. The third kappa shape index (κ3) is 5.55. The fourth-order valence-corrected chi connectivity index (χ4v) is 3.65. The Morgan fingerprint density at radius 2 is 1.59 bits per heavy atom. The van der Waals surface area contributed by atoms with Gasteiger partial charge in [-0.05, 0) is 55.5 Å². The van der Waals surface area contributed by atoms with Gasteiger partial charge in [0.2, 0.25) is 11.9 Å². The summed E-state index contributed by atoms with van der Waals surface area (Å²) in [5.74, 6) is 3.00. The molecule has 0 saturated carbocycles. The molecule has 9 nitrogen and oxygen atoms in total. The first kappa shape index (κ1) is 21.6. The van der Waals surface area contributed by atoms with E-state index in [1.165, 1.54) is 5.69 Å². The van der Waals surface area contributed by atoms with Crippen LogP contribution in [0.25, 0.3) is 0 Å². The second-order valence-corrected chi connectivity index (χ2v) is 7.48. The average Bonchev–Trinajstić information content (AvgIpc) is 2.81. The van der Waals surface area contributed by atoms with Crippen molar-refractivity contribution in [2.24, 2.45) is 0 Å². The van der Waals surface area contributed by atoms with Crippen LogP contribution >= 0.6 is 0 Å². The fourth-order valence-electron chi connectivity index (χ4n) is 3.65. The molecule has 168 valence electrons. The van der Waals surface area contributed by atoms with Crippen molar-refractivity contribution in [3.05, 3.63) is 54.4 Å². The molecule has 32 heavy (non-hydrogen) atoms. The van der Waals surface area contributed by atoms with Gasteiger partial charge in [-0.15, -0.1) is 0 Å². The van der Waals surface area contributed by atoms with Crippen molar-refractivity contribution in [1.82, 2.24) is 19.9 Å². The van der Waals surface area contributed by atoms with Gasteiger partial charge in [0.25, 0.3) is 0 Å². The number of nitrogens with one attached hydrogen (secondary N) is 1. The maximum absolute atomic E-state index is 5.94. The molecule has 2 heterocycles. The lowest BCUT2D eigenvalue weighted by molar-refractivity contribution is 0.244. The highest BCUT2D eigenvalue weighted by Crippen LogP contribution is 2.22. The molecule has 0 atom stereocenters. The first-order valence-corrected chi connectivity index (χ1v) is 10.7. The van der Waals surface area contributed by atoms with Gasteiger partial charge >= 0.3 is 0 Å². The Kier molecular flexibility index (Phi) is 6.86. The third-order valence-electron chi connectivity index (χ3n) is 5.30. The molecule has 9 heteroatoms. The lowest BCUT2D eigenvalue weighted by Gasteiger charge is -2.35. The van der Waals surface area contributed by atoms with Crippen LogP contribution in [0.1, 0.15) is 12.7 Å². The van der Waals surface area contributed by atoms with Crippen molar-refractivity contribution < 1.29 is 9.47 Å². The van der Waals surface area contributed by atoms with E-state index in [0.29, 0.717) is 24.9 Å². The Morgan fingerprint density at radius 1 is 0.906 bits per heavy atom. The van der Waals surface area contributed by atoms with E-state index in [-0.39, 0.29) is 5.95 Å². The molecular formula is C23H29N7O2. The zero-order valence-electron chi connectivity index (χ0n) is 18.5. The van der Waals surface area contributed by atoms with E-state index >= 15 is 0 Å². The number of rotatable bonds is 8. The monoisotopic (exact) mass is 435 g/mol. The second-order valence-electron chi connectivity index (χ2n) is 7.48.